The Bertz CT molecular complexity index is 1230. The van der Waals surface area contributed by atoms with Crippen LogP contribution in [0.25, 0.3) is 11.3 Å². The highest BCUT2D eigenvalue weighted by molar-refractivity contribution is 5.65. The maximum atomic E-state index is 13.7. The van der Waals surface area contributed by atoms with Gasteiger partial charge in [-0.15, -0.1) is 0 Å². The van der Waals surface area contributed by atoms with Gasteiger partial charge < -0.3 is 15.0 Å². The van der Waals surface area contributed by atoms with Gasteiger partial charge in [-0.2, -0.15) is 13.2 Å². The van der Waals surface area contributed by atoms with Gasteiger partial charge in [-0.1, -0.05) is 31.5 Å². The molecule has 0 bridgehead atoms. The van der Waals surface area contributed by atoms with E-state index >= 15 is 0 Å². The van der Waals surface area contributed by atoms with Crippen molar-refractivity contribution in [1.82, 2.24) is 15.3 Å². The normalized spacial score (nSPS) is 21.9. The predicted octanol–water partition coefficient (Wildman–Crippen LogP) is 5.84. The second kappa shape index (κ2) is 9.73. The van der Waals surface area contributed by atoms with E-state index in [9.17, 15) is 13.2 Å². The van der Waals surface area contributed by atoms with E-state index in [2.05, 4.69) is 23.3 Å². The molecule has 36 heavy (non-hydrogen) atoms. The van der Waals surface area contributed by atoms with Crippen LogP contribution in [0, 0.1) is 5.92 Å². The fourth-order valence-electron chi connectivity index (χ4n) is 5.96. The molecular weight excluding hydrogens is 465 g/mol. The summed E-state index contributed by atoms with van der Waals surface area (Å²) in [5, 5.41) is 3.57. The molecule has 0 aliphatic carbocycles. The van der Waals surface area contributed by atoms with E-state index in [1.807, 2.05) is 30.0 Å². The Hall–Kier alpha value is -3.13. The highest BCUT2D eigenvalue weighted by atomic mass is 19.4. The molecule has 2 aliphatic rings. The average molecular weight is 497 g/mol. The summed E-state index contributed by atoms with van der Waals surface area (Å²) >= 11 is 0. The summed E-state index contributed by atoms with van der Waals surface area (Å²) < 4.78 is 46.9. The third-order valence-corrected chi connectivity index (χ3v) is 7.66. The number of rotatable bonds is 5. The molecule has 5 rings (SSSR count). The number of halogens is 3. The molecule has 2 aromatic heterocycles. The van der Waals surface area contributed by atoms with Gasteiger partial charge in [-0.3, -0.25) is 4.98 Å². The largest absolute Gasteiger partial charge is 0.477 e. The molecule has 1 saturated heterocycles. The Labute approximate surface area is 209 Å². The lowest BCUT2D eigenvalue weighted by molar-refractivity contribution is -0.137. The topological polar surface area (TPSA) is 50.3 Å². The van der Waals surface area contributed by atoms with Gasteiger partial charge in [0.2, 0.25) is 5.88 Å². The van der Waals surface area contributed by atoms with E-state index in [-0.39, 0.29) is 17.0 Å². The van der Waals surface area contributed by atoms with Crippen LogP contribution in [0.5, 0.6) is 5.88 Å². The van der Waals surface area contributed by atoms with Crippen LogP contribution in [0.3, 0.4) is 0 Å². The zero-order valence-corrected chi connectivity index (χ0v) is 20.6. The molecule has 0 radical (unpaired) electrons. The summed E-state index contributed by atoms with van der Waals surface area (Å²) in [6, 6.07) is 14.0. The van der Waals surface area contributed by atoms with E-state index in [0.29, 0.717) is 32.1 Å². The minimum absolute atomic E-state index is 0.171. The number of nitrogens with one attached hydrogen (secondary N) is 1. The summed E-state index contributed by atoms with van der Waals surface area (Å²) in [4.78, 5) is 11.3. The van der Waals surface area contributed by atoms with E-state index in [0.717, 1.165) is 36.3 Å². The Balaban J connectivity index is 1.48. The molecule has 190 valence electrons. The first-order valence-electron chi connectivity index (χ1n) is 12.6. The fraction of sp³-hybridized carbons (Fsp3) is 0.429. The fourth-order valence-corrected chi connectivity index (χ4v) is 5.96. The van der Waals surface area contributed by atoms with Crippen LogP contribution in [0.4, 0.5) is 18.9 Å². The third kappa shape index (κ3) is 4.32. The van der Waals surface area contributed by atoms with Crippen LogP contribution < -0.4 is 15.0 Å². The smallest absolute Gasteiger partial charge is 0.418 e. The quantitative estimate of drug-likeness (QED) is 0.481. The van der Waals surface area contributed by atoms with Gasteiger partial charge in [0, 0.05) is 43.5 Å². The summed E-state index contributed by atoms with van der Waals surface area (Å²) in [7, 11) is 0. The van der Waals surface area contributed by atoms with E-state index in [4.69, 9.17) is 9.72 Å². The summed E-state index contributed by atoms with van der Waals surface area (Å²) in [5.41, 5.74) is 3.41. The standard InChI is InChI=1S/C28H31F3N4O/c1-3-19-17-35(25-10-6-5-9-22(25)28(29,30)31)15-13-27(19)18-32-16-24-21(27)11-12-23(34-24)20-8-7-14-33-26(20)36-4-2/h5-12,14,19,32H,3-4,13,15-18H2,1-2H3/t19-,27+/m1/s1. The summed E-state index contributed by atoms with van der Waals surface area (Å²) in [5.74, 6) is 0.748. The first kappa shape index (κ1) is 24.6. The number of anilines is 1. The second-order valence-corrected chi connectivity index (χ2v) is 9.56. The Morgan fingerprint density at radius 1 is 1.11 bits per heavy atom. The van der Waals surface area contributed by atoms with Crippen LogP contribution in [0.2, 0.25) is 0 Å². The Kier molecular flexibility index (Phi) is 6.64. The molecular formula is C28H31F3N4O. The lowest BCUT2D eigenvalue weighted by Crippen LogP contribution is -2.57. The highest BCUT2D eigenvalue weighted by Gasteiger charge is 2.47. The molecule has 3 aromatic rings. The first-order chi connectivity index (χ1) is 17.4. The van der Waals surface area contributed by atoms with Gasteiger partial charge in [0.15, 0.2) is 0 Å². The van der Waals surface area contributed by atoms with Crippen molar-refractivity contribution >= 4 is 5.69 Å². The number of fused-ring (bicyclic) bond motifs is 2. The molecule has 0 saturated carbocycles. The van der Waals surface area contributed by atoms with E-state index in [1.165, 1.54) is 17.7 Å². The van der Waals surface area contributed by atoms with Crippen LogP contribution in [0.15, 0.2) is 54.7 Å². The minimum atomic E-state index is -4.38. The van der Waals surface area contributed by atoms with Crippen molar-refractivity contribution in [3.05, 3.63) is 71.5 Å². The van der Waals surface area contributed by atoms with Gasteiger partial charge >= 0.3 is 6.18 Å². The Morgan fingerprint density at radius 2 is 1.94 bits per heavy atom. The van der Waals surface area contributed by atoms with Gasteiger partial charge in [-0.05, 0) is 55.2 Å². The van der Waals surface area contributed by atoms with Crippen molar-refractivity contribution in [2.75, 3.05) is 31.1 Å². The monoisotopic (exact) mass is 496 g/mol. The van der Waals surface area contributed by atoms with Crippen LogP contribution >= 0.6 is 0 Å². The molecule has 1 fully saturated rings. The third-order valence-electron chi connectivity index (χ3n) is 7.66. The lowest BCUT2D eigenvalue weighted by Gasteiger charge is -2.51. The van der Waals surface area contributed by atoms with E-state index in [1.54, 1.807) is 18.3 Å². The first-order valence-corrected chi connectivity index (χ1v) is 12.6. The predicted molar refractivity (Wildman–Crippen MR) is 134 cm³/mol. The van der Waals surface area contributed by atoms with Gasteiger partial charge in [0.25, 0.3) is 0 Å². The number of hydrogen-bond donors (Lipinski definition) is 1. The van der Waals surface area contributed by atoms with Crippen LogP contribution in [-0.2, 0) is 18.1 Å². The molecule has 1 N–H and O–H groups in total. The maximum Gasteiger partial charge on any atom is 0.418 e. The number of hydrogen-bond acceptors (Lipinski definition) is 5. The lowest BCUT2D eigenvalue weighted by atomic mass is 9.63. The van der Waals surface area contributed by atoms with Crippen molar-refractivity contribution in [3.8, 4) is 17.1 Å². The SMILES string of the molecule is CCOc1ncccc1-c1ccc2c(n1)CNC[C@]21CCN(c2ccccc2C(F)(F)F)C[C@H]1CC. The molecule has 1 spiro atoms. The van der Waals surface area contributed by atoms with Crippen molar-refractivity contribution in [3.63, 3.8) is 0 Å². The summed E-state index contributed by atoms with van der Waals surface area (Å²) in [6.45, 7) is 7.17. The van der Waals surface area contributed by atoms with Crippen molar-refractivity contribution < 1.29 is 17.9 Å². The Morgan fingerprint density at radius 3 is 2.72 bits per heavy atom. The number of aromatic nitrogens is 2. The number of para-hydroxylation sites is 1. The molecule has 2 aliphatic heterocycles. The van der Waals surface area contributed by atoms with Crippen LogP contribution in [0.1, 0.15) is 43.5 Å². The van der Waals surface area contributed by atoms with Crippen LogP contribution in [-0.4, -0.2) is 36.2 Å². The number of benzene rings is 1. The number of alkyl halides is 3. The molecule has 2 atom stereocenters. The molecule has 0 amide bonds. The van der Waals surface area contributed by atoms with Crippen molar-refractivity contribution in [1.29, 1.82) is 0 Å². The number of nitrogens with zero attached hydrogens (tertiary/aromatic N) is 3. The second-order valence-electron chi connectivity index (χ2n) is 9.56. The number of pyridine rings is 2. The van der Waals surface area contributed by atoms with Crippen molar-refractivity contribution in [2.24, 2.45) is 5.92 Å². The minimum Gasteiger partial charge on any atom is -0.477 e. The molecule has 1 aromatic carbocycles. The number of piperidine rings is 1. The van der Waals surface area contributed by atoms with Gasteiger partial charge in [-0.25, -0.2) is 4.98 Å². The van der Waals surface area contributed by atoms with Crippen molar-refractivity contribution in [2.45, 2.75) is 44.8 Å². The zero-order valence-electron chi connectivity index (χ0n) is 20.6. The van der Waals surface area contributed by atoms with Gasteiger partial charge in [0.05, 0.1) is 29.1 Å². The molecule has 5 nitrogen and oxygen atoms in total. The number of ether oxygens (including phenoxy) is 1. The zero-order chi connectivity index (χ0) is 25.3. The molecule has 4 heterocycles. The molecule has 8 heteroatoms. The van der Waals surface area contributed by atoms with Gasteiger partial charge in [0.1, 0.15) is 0 Å². The van der Waals surface area contributed by atoms with E-state index < -0.39 is 11.7 Å². The maximum absolute atomic E-state index is 13.7. The molecule has 0 unspecified atom stereocenters. The highest BCUT2D eigenvalue weighted by Crippen LogP contribution is 2.47. The average Bonchev–Trinajstić information content (AvgIpc) is 2.89. The summed E-state index contributed by atoms with van der Waals surface area (Å²) in [6.07, 6.45) is -1.04.